The fourth-order valence-electron chi connectivity index (χ4n) is 2.17. The molecule has 0 aliphatic carbocycles. The minimum atomic E-state index is 0.589. The zero-order valence-corrected chi connectivity index (χ0v) is 14.7. The Balaban J connectivity index is 1.71. The molecule has 0 atom stereocenters. The van der Waals surface area contributed by atoms with Crippen LogP contribution < -0.4 is 15.4 Å². The van der Waals surface area contributed by atoms with E-state index in [-0.39, 0.29) is 0 Å². The molecule has 2 aromatic rings. The van der Waals surface area contributed by atoms with Gasteiger partial charge in [-0.05, 0) is 38.5 Å². The number of benzene rings is 1. The van der Waals surface area contributed by atoms with E-state index in [0.29, 0.717) is 19.7 Å². The van der Waals surface area contributed by atoms with Crippen molar-refractivity contribution < 1.29 is 4.74 Å². The third kappa shape index (κ3) is 6.32. The van der Waals surface area contributed by atoms with Gasteiger partial charge in [0, 0.05) is 12.7 Å². The van der Waals surface area contributed by atoms with E-state index in [1.165, 1.54) is 5.56 Å². The van der Waals surface area contributed by atoms with Crippen LogP contribution in [-0.4, -0.2) is 42.0 Å². The van der Waals surface area contributed by atoms with Gasteiger partial charge in [0.15, 0.2) is 5.96 Å². The molecule has 0 aliphatic heterocycles. The van der Waals surface area contributed by atoms with E-state index in [1.807, 2.05) is 48.3 Å². The molecule has 1 heterocycles. The molecular weight excluding hydrogens is 302 g/mol. The van der Waals surface area contributed by atoms with E-state index in [2.05, 4.69) is 34.6 Å². The van der Waals surface area contributed by atoms with Crippen LogP contribution in [0, 0.1) is 13.8 Å². The van der Waals surface area contributed by atoms with Gasteiger partial charge < -0.3 is 15.4 Å². The minimum Gasteiger partial charge on any atom is -0.492 e. The molecule has 130 valence electrons. The molecule has 0 spiro atoms. The summed E-state index contributed by atoms with van der Waals surface area (Å²) in [7, 11) is 0. The monoisotopic (exact) mass is 329 g/mol. The Morgan fingerprint density at radius 1 is 1.17 bits per heavy atom. The Bertz CT molecular complexity index is 633. The highest BCUT2D eigenvalue weighted by Crippen LogP contribution is 2.10. The number of nitrogens with zero attached hydrogens (tertiary/aromatic N) is 3. The summed E-state index contributed by atoms with van der Waals surface area (Å²) < 4.78 is 7.61. The summed E-state index contributed by atoms with van der Waals surface area (Å²) in [5, 5.41) is 10.8. The maximum atomic E-state index is 5.71. The van der Waals surface area contributed by atoms with Gasteiger partial charge in [0.2, 0.25) is 0 Å². The predicted octanol–water partition coefficient (Wildman–Crippen LogP) is 2.13. The van der Waals surface area contributed by atoms with Gasteiger partial charge in [-0.25, -0.2) is 0 Å². The van der Waals surface area contributed by atoms with Gasteiger partial charge in [-0.1, -0.05) is 17.7 Å². The molecule has 24 heavy (non-hydrogen) atoms. The van der Waals surface area contributed by atoms with Crippen molar-refractivity contribution in [2.24, 2.45) is 4.99 Å². The van der Waals surface area contributed by atoms with Crippen LogP contribution in [0.2, 0.25) is 0 Å². The Morgan fingerprint density at radius 3 is 2.62 bits per heavy atom. The number of aliphatic imine (C=N–C) groups is 1. The molecule has 0 amide bonds. The molecule has 0 fully saturated rings. The summed E-state index contributed by atoms with van der Waals surface area (Å²) in [6, 6.07) is 8.07. The van der Waals surface area contributed by atoms with Crippen LogP contribution in [0.1, 0.15) is 18.1 Å². The average Bonchev–Trinajstić information content (AvgIpc) is 2.98. The lowest BCUT2D eigenvalue weighted by atomic mass is 10.2. The first-order chi connectivity index (χ1) is 11.7. The lowest BCUT2D eigenvalue weighted by molar-refractivity contribution is 0.322. The van der Waals surface area contributed by atoms with Crippen LogP contribution >= 0.6 is 0 Å². The number of ether oxygens (including phenoxy) is 1. The number of hydrogen-bond donors (Lipinski definition) is 2. The van der Waals surface area contributed by atoms with Crippen molar-refractivity contribution in [3.63, 3.8) is 0 Å². The molecule has 6 nitrogen and oxygen atoms in total. The second kappa shape index (κ2) is 9.60. The van der Waals surface area contributed by atoms with Crippen LogP contribution in [0.4, 0.5) is 0 Å². The topological polar surface area (TPSA) is 63.5 Å². The first kappa shape index (κ1) is 17.8. The summed E-state index contributed by atoms with van der Waals surface area (Å²) in [6.07, 6.45) is 3.88. The number of guanidine groups is 1. The lowest BCUT2D eigenvalue weighted by Gasteiger charge is -2.12. The van der Waals surface area contributed by atoms with Crippen molar-refractivity contribution in [2.45, 2.75) is 27.3 Å². The Labute approximate surface area is 143 Å². The summed E-state index contributed by atoms with van der Waals surface area (Å²) >= 11 is 0. The van der Waals surface area contributed by atoms with Crippen LogP contribution in [0.15, 0.2) is 41.7 Å². The fourth-order valence-corrected chi connectivity index (χ4v) is 2.17. The second-order valence-electron chi connectivity index (χ2n) is 5.63. The van der Waals surface area contributed by atoms with E-state index in [4.69, 9.17) is 4.74 Å². The van der Waals surface area contributed by atoms with Crippen molar-refractivity contribution in [3.8, 4) is 5.75 Å². The predicted molar refractivity (Wildman–Crippen MR) is 97.6 cm³/mol. The van der Waals surface area contributed by atoms with Gasteiger partial charge in [0.05, 0.1) is 25.8 Å². The molecule has 0 aliphatic rings. The zero-order valence-electron chi connectivity index (χ0n) is 14.7. The molecule has 6 heteroatoms. The average molecular weight is 329 g/mol. The number of nitrogens with one attached hydrogen (secondary N) is 2. The third-order valence-corrected chi connectivity index (χ3v) is 3.39. The van der Waals surface area contributed by atoms with Crippen molar-refractivity contribution in [2.75, 3.05) is 26.2 Å². The summed E-state index contributed by atoms with van der Waals surface area (Å²) in [4.78, 5) is 4.55. The van der Waals surface area contributed by atoms with Gasteiger partial charge in [-0.3, -0.25) is 9.67 Å². The van der Waals surface area contributed by atoms with E-state index in [0.717, 1.165) is 30.4 Å². The first-order valence-electron chi connectivity index (χ1n) is 8.38. The second-order valence-corrected chi connectivity index (χ2v) is 5.63. The Hall–Kier alpha value is -2.50. The van der Waals surface area contributed by atoms with Crippen molar-refractivity contribution >= 4 is 5.96 Å². The summed E-state index contributed by atoms with van der Waals surface area (Å²) in [6.45, 7) is 9.70. The number of rotatable bonds is 8. The van der Waals surface area contributed by atoms with Crippen molar-refractivity contribution in [1.29, 1.82) is 0 Å². The standard InChI is InChI=1S/C18H27N5O/c1-4-19-18(20-9-11-23-14-16(3)13-22-23)21-10-12-24-17-7-5-15(2)6-8-17/h5-8,13-14H,4,9-12H2,1-3H3,(H2,19,20,21). The van der Waals surface area contributed by atoms with E-state index >= 15 is 0 Å². The number of hydrogen-bond acceptors (Lipinski definition) is 3. The fraction of sp³-hybridized carbons (Fsp3) is 0.444. The van der Waals surface area contributed by atoms with Crippen LogP contribution in [0.5, 0.6) is 5.75 Å². The Morgan fingerprint density at radius 2 is 1.96 bits per heavy atom. The van der Waals surface area contributed by atoms with Crippen LogP contribution in [0.25, 0.3) is 0 Å². The highest BCUT2D eigenvalue weighted by atomic mass is 16.5. The molecule has 0 saturated heterocycles. The Kier molecular flexibility index (Phi) is 7.14. The van der Waals surface area contributed by atoms with Crippen molar-refractivity contribution in [1.82, 2.24) is 20.4 Å². The number of aromatic nitrogens is 2. The molecule has 2 N–H and O–H groups in total. The van der Waals surface area contributed by atoms with Gasteiger partial charge in [0.1, 0.15) is 12.4 Å². The van der Waals surface area contributed by atoms with Crippen LogP contribution in [0.3, 0.4) is 0 Å². The zero-order chi connectivity index (χ0) is 17.2. The van der Waals surface area contributed by atoms with Gasteiger partial charge in [-0.15, -0.1) is 0 Å². The van der Waals surface area contributed by atoms with E-state index in [9.17, 15) is 0 Å². The molecule has 0 unspecified atom stereocenters. The van der Waals surface area contributed by atoms with Gasteiger partial charge in [0.25, 0.3) is 0 Å². The normalized spacial score (nSPS) is 11.4. The summed E-state index contributed by atoms with van der Waals surface area (Å²) in [5.74, 6) is 1.69. The quantitative estimate of drug-likeness (QED) is 0.442. The highest BCUT2D eigenvalue weighted by Gasteiger charge is 1.98. The molecule has 2 rings (SSSR count). The van der Waals surface area contributed by atoms with E-state index in [1.54, 1.807) is 0 Å². The minimum absolute atomic E-state index is 0.589. The lowest BCUT2D eigenvalue weighted by Crippen LogP contribution is -2.39. The molecule has 0 bridgehead atoms. The molecule has 0 saturated carbocycles. The van der Waals surface area contributed by atoms with E-state index < -0.39 is 0 Å². The SMILES string of the molecule is CCNC(=NCCn1cc(C)cn1)NCCOc1ccc(C)cc1. The molecule has 0 radical (unpaired) electrons. The molecule has 1 aromatic carbocycles. The molecule has 1 aromatic heterocycles. The number of aryl methyl sites for hydroxylation is 2. The maximum Gasteiger partial charge on any atom is 0.191 e. The maximum absolute atomic E-state index is 5.71. The van der Waals surface area contributed by atoms with Gasteiger partial charge in [-0.2, -0.15) is 5.10 Å². The first-order valence-corrected chi connectivity index (χ1v) is 8.38. The van der Waals surface area contributed by atoms with Gasteiger partial charge >= 0.3 is 0 Å². The van der Waals surface area contributed by atoms with Crippen LogP contribution in [-0.2, 0) is 6.54 Å². The largest absolute Gasteiger partial charge is 0.492 e. The summed E-state index contributed by atoms with van der Waals surface area (Å²) in [5.41, 5.74) is 2.40. The van der Waals surface area contributed by atoms with Crippen molar-refractivity contribution in [3.05, 3.63) is 47.8 Å². The smallest absolute Gasteiger partial charge is 0.191 e. The highest BCUT2D eigenvalue weighted by molar-refractivity contribution is 5.79. The third-order valence-electron chi connectivity index (χ3n) is 3.39. The molecular formula is C18H27N5O.